The molecule has 0 bridgehead atoms. The third kappa shape index (κ3) is 8.66. The van der Waals surface area contributed by atoms with Crippen LogP contribution in [0.15, 0.2) is 65.3 Å². The molecule has 1 N–H and O–H groups in total. The number of urea groups is 1. The summed E-state index contributed by atoms with van der Waals surface area (Å²) in [6.45, 7) is 8.74. The standard InChI is InChI=1S/C30H37FN4O4/c1-23-6-11-28(24(2)19-23)32-30(37)34(13-4-12-33-14-17-38-18-15-33)22-29(36)35(21-27-5-3-16-39-27)20-25-7-9-26(31)10-8-25/h3,5-11,16,19H,4,12-15,17-18,20-22H2,1-2H3,(H,32,37). The van der Waals surface area contributed by atoms with Gasteiger partial charge in [-0.05, 0) is 61.7 Å². The Labute approximate surface area is 229 Å². The van der Waals surface area contributed by atoms with E-state index in [0.717, 1.165) is 48.4 Å². The highest BCUT2D eigenvalue weighted by atomic mass is 19.1. The molecule has 1 fully saturated rings. The molecule has 0 spiro atoms. The van der Waals surface area contributed by atoms with Crippen molar-refractivity contribution in [2.24, 2.45) is 0 Å². The summed E-state index contributed by atoms with van der Waals surface area (Å²) in [6, 6.07) is 15.2. The molecule has 0 aliphatic carbocycles. The highest BCUT2D eigenvalue weighted by molar-refractivity contribution is 5.93. The van der Waals surface area contributed by atoms with E-state index in [1.54, 1.807) is 40.3 Å². The Bertz CT molecular complexity index is 1210. The van der Waals surface area contributed by atoms with Crippen molar-refractivity contribution >= 4 is 17.6 Å². The number of halogens is 1. The first-order valence-electron chi connectivity index (χ1n) is 13.4. The van der Waals surface area contributed by atoms with E-state index < -0.39 is 0 Å². The lowest BCUT2D eigenvalue weighted by Gasteiger charge is -2.30. The van der Waals surface area contributed by atoms with Crippen LogP contribution in [0.1, 0.15) is 28.9 Å². The average molecular weight is 537 g/mol. The molecule has 0 atom stereocenters. The van der Waals surface area contributed by atoms with E-state index in [2.05, 4.69) is 10.2 Å². The van der Waals surface area contributed by atoms with E-state index in [9.17, 15) is 14.0 Å². The van der Waals surface area contributed by atoms with Crippen molar-refractivity contribution in [3.8, 4) is 0 Å². The Kier molecular flexibility index (Phi) is 10.1. The number of carbonyl (C=O) groups excluding carboxylic acids is 2. The predicted molar refractivity (Wildman–Crippen MR) is 148 cm³/mol. The summed E-state index contributed by atoms with van der Waals surface area (Å²) in [6.07, 6.45) is 2.29. The minimum absolute atomic E-state index is 0.0955. The number of benzene rings is 2. The quantitative estimate of drug-likeness (QED) is 0.380. The lowest BCUT2D eigenvalue weighted by molar-refractivity contribution is -0.133. The Hall–Kier alpha value is -3.69. The molecule has 9 heteroatoms. The lowest BCUT2D eigenvalue weighted by Crippen LogP contribution is -2.45. The maximum Gasteiger partial charge on any atom is 0.322 e. The number of nitrogens with zero attached hydrogens (tertiary/aromatic N) is 3. The van der Waals surface area contributed by atoms with Crippen LogP contribution in [0.4, 0.5) is 14.9 Å². The minimum Gasteiger partial charge on any atom is -0.467 e. The van der Waals surface area contributed by atoms with E-state index in [1.165, 1.54) is 12.1 Å². The molecule has 2 heterocycles. The van der Waals surface area contributed by atoms with Crippen LogP contribution >= 0.6 is 0 Å². The average Bonchev–Trinajstić information content (AvgIpc) is 3.44. The van der Waals surface area contributed by atoms with Crippen LogP contribution in [-0.2, 0) is 22.6 Å². The maximum atomic E-state index is 13.6. The highest BCUT2D eigenvalue weighted by Crippen LogP contribution is 2.18. The largest absolute Gasteiger partial charge is 0.467 e. The zero-order valence-corrected chi connectivity index (χ0v) is 22.7. The van der Waals surface area contributed by atoms with Crippen LogP contribution < -0.4 is 5.32 Å². The van der Waals surface area contributed by atoms with Crippen molar-refractivity contribution in [1.29, 1.82) is 0 Å². The van der Waals surface area contributed by atoms with Gasteiger partial charge in [0.1, 0.15) is 18.1 Å². The minimum atomic E-state index is -0.336. The van der Waals surface area contributed by atoms with Gasteiger partial charge in [-0.25, -0.2) is 9.18 Å². The second-order valence-electron chi connectivity index (χ2n) is 9.93. The van der Waals surface area contributed by atoms with Gasteiger partial charge in [-0.2, -0.15) is 0 Å². The molecule has 0 saturated carbocycles. The number of anilines is 1. The normalized spacial score (nSPS) is 13.7. The fraction of sp³-hybridized carbons (Fsp3) is 0.400. The fourth-order valence-corrected chi connectivity index (χ4v) is 4.61. The zero-order valence-electron chi connectivity index (χ0n) is 22.7. The monoisotopic (exact) mass is 536 g/mol. The Balaban J connectivity index is 1.48. The van der Waals surface area contributed by atoms with Crippen LogP contribution in [0.2, 0.25) is 0 Å². The number of morpholine rings is 1. The van der Waals surface area contributed by atoms with E-state index in [0.29, 0.717) is 25.5 Å². The number of hydrogen-bond acceptors (Lipinski definition) is 5. The van der Waals surface area contributed by atoms with Gasteiger partial charge in [-0.3, -0.25) is 9.69 Å². The number of rotatable bonds is 11. The fourth-order valence-electron chi connectivity index (χ4n) is 4.61. The molecule has 2 aromatic carbocycles. The second-order valence-corrected chi connectivity index (χ2v) is 9.93. The van der Waals surface area contributed by atoms with Crippen molar-refractivity contribution in [3.63, 3.8) is 0 Å². The third-order valence-electron chi connectivity index (χ3n) is 6.81. The highest BCUT2D eigenvalue weighted by Gasteiger charge is 2.23. The SMILES string of the molecule is Cc1ccc(NC(=O)N(CCCN2CCOCC2)CC(=O)N(Cc2ccc(F)cc2)Cc2ccco2)c(C)c1. The molecular weight excluding hydrogens is 499 g/mol. The molecule has 1 aliphatic heterocycles. The molecule has 3 amide bonds. The lowest BCUT2D eigenvalue weighted by atomic mass is 10.1. The van der Waals surface area contributed by atoms with Crippen LogP contribution in [-0.4, -0.2) is 72.6 Å². The van der Waals surface area contributed by atoms with Crippen molar-refractivity contribution < 1.29 is 23.1 Å². The van der Waals surface area contributed by atoms with Gasteiger partial charge in [-0.15, -0.1) is 0 Å². The topological polar surface area (TPSA) is 78.3 Å². The maximum absolute atomic E-state index is 13.6. The number of aryl methyl sites for hydroxylation is 2. The predicted octanol–water partition coefficient (Wildman–Crippen LogP) is 4.82. The summed E-state index contributed by atoms with van der Waals surface area (Å²) in [5.41, 5.74) is 3.57. The number of amides is 3. The van der Waals surface area contributed by atoms with Gasteiger partial charge in [0.2, 0.25) is 5.91 Å². The van der Waals surface area contributed by atoms with Gasteiger partial charge < -0.3 is 24.3 Å². The molecule has 0 radical (unpaired) electrons. The van der Waals surface area contributed by atoms with E-state index >= 15 is 0 Å². The molecule has 208 valence electrons. The van der Waals surface area contributed by atoms with Crippen LogP contribution in [0, 0.1) is 19.7 Å². The molecule has 39 heavy (non-hydrogen) atoms. The van der Waals surface area contributed by atoms with Gasteiger partial charge in [-0.1, -0.05) is 29.8 Å². The number of ether oxygens (including phenoxy) is 1. The number of furan rings is 1. The molecule has 3 aromatic rings. The molecule has 0 unspecified atom stereocenters. The van der Waals surface area contributed by atoms with Crippen LogP contribution in [0.3, 0.4) is 0 Å². The van der Waals surface area contributed by atoms with Crippen LogP contribution in [0.25, 0.3) is 0 Å². The Morgan fingerprint density at radius 3 is 2.46 bits per heavy atom. The first-order valence-corrected chi connectivity index (χ1v) is 13.4. The van der Waals surface area contributed by atoms with Gasteiger partial charge in [0.05, 0.1) is 26.0 Å². The summed E-state index contributed by atoms with van der Waals surface area (Å²) < 4.78 is 24.4. The van der Waals surface area contributed by atoms with Gasteiger partial charge in [0.15, 0.2) is 0 Å². The van der Waals surface area contributed by atoms with E-state index in [4.69, 9.17) is 9.15 Å². The molecule has 4 rings (SSSR count). The summed E-state index contributed by atoms with van der Waals surface area (Å²) >= 11 is 0. The second kappa shape index (κ2) is 13.9. The van der Waals surface area contributed by atoms with Crippen molar-refractivity contribution in [2.75, 3.05) is 51.3 Å². The summed E-state index contributed by atoms with van der Waals surface area (Å²) in [5, 5.41) is 2.99. The molecule has 1 aromatic heterocycles. The third-order valence-corrected chi connectivity index (χ3v) is 6.81. The van der Waals surface area contributed by atoms with Gasteiger partial charge >= 0.3 is 6.03 Å². The molecule has 8 nitrogen and oxygen atoms in total. The first kappa shape index (κ1) is 28.3. The number of carbonyl (C=O) groups is 2. The van der Waals surface area contributed by atoms with E-state index in [-0.39, 0.29) is 37.4 Å². The summed E-state index contributed by atoms with van der Waals surface area (Å²) in [7, 11) is 0. The Morgan fingerprint density at radius 2 is 1.77 bits per heavy atom. The first-order chi connectivity index (χ1) is 18.9. The number of hydrogen-bond donors (Lipinski definition) is 1. The van der Waals surface area contributed by atoms with Crippen molar-refractivity contribution in [2.45, 2.75) is 33.4 Å². The van der Waals surface area contributed by atoms with Gasteiger partial charge in [0, 0.05) is 38.4 Å². The molecular formula is C30H37FN4O4. The molecule has 1 saturated heterocycles. The number of nitrogens with one attached hydrogen (secondary N) is 1. The van der Waals surface area contributed by atoms with Crippen molar-refractivity contribution in [1.82, 2.24) is 14.7 Å². The Morgan fingerprint density at radius 1 is 1.00 bits per heavy atom. The van der Waals surface area contributed by atoms with E-state index in [1.807, 2.05) is 32.0 Å². The van der Waals surface area contributed by atoms with Crippen LogP contribution in [0.5, 0.6) is 0 Å². The smallest absolute Gasteiger partial charge is 0.322 e. The summed E-state index contributed by atoms with van der Waals surface area (Å²) in [5.74, 6) is 0.0686. The summed E-state index contributed by atoms with van der Waals surface area (Å²) in [4.78, 5) is 32.6. The zero-order chi connectivity index (χ0) is 27.6. The molecule has 1 aliphatic rings. The van der Waals surface area contributed by atoms with Gasteiger partial charge in [0.25, 0.3) is 0 Å². The van der Waals surface area contributed by atoms with Crippen molar-refractivity contribution in [3.05, 3.63) is 89.1 Å².